The van der Waals surface area contributed by atoms with Crippen LogP contribution in [0.1, 0.15) is 57.1 Å². The van der Waals surface area contributed by atoms with Crippen LogP contribution < -0.4 is 0 Å². The second-order valence-electron chi connectivity index (χ2n) is 5.64. The maximum Gasteiger partial charge on any atom is 0.0628 e. The van der Waals surface area contributed by atoms with Gasteiger partial charge in [-0.3, -0.25) is 4.90 Å². The minimum atomic E-state index is 0.190. The summed E-state index contributed by atoms with van der Waals surface area (Å²) in [6.07, 6.45) is 7.81. The number of unbranched alkanes of at least 4 members (excludes halogenated alkanes) is 2. The summed E-state index contributed by atoms with van der Waals surface area (Å²) in [5.41, 5.74) is 1.26. The van der Waals surface area contributed by atoms with Crippen LogP contribution in [0, 0.1) is 0 Å². The molecule has 106 valence electrons. The first kappa shape index (κ1) is 14.5. The molecule has 0 amide bonds. The van der Waals surface area contributed by atoms with Crippen molar-refractivity contribution in [1.29, 1.82) is 0 Å². The van der Waals surface area contributed by atoms with Crippen LogP contribution in [0.15, 0.2) is 30.3 Å². The lowest BCUT2D eigenvalue weighted by Gasteiger charge is -2.32. The molecule has 0 bridgehead atoms. The van der Waals surface area contributed by atoms with Crippen molar-refractivity contribution in [3.8, 4) is 0 Å². The molecular weight excluding hydrogens is 234 g/mol. The van der Waals surface area contributed by atoms with Crippen molar-refractivity contribution in [2.24, 2.45) is 0 Å². The topological polar surface area (TPSA) is 23.5 Å². The fourth-order valence-corrected chi connectivity index (χ4v) is 3.29. The number of rotatable bonds is 7. The summed E-state index contributed by atoms with van der Waals surface area (Å²) >= 11 is 0. The highest BCUT2D eigenvalue weighted by molar-refractivity contribution is 5.19. The van der Waals surface area contributed by atoms with Gasteiger partial charge in [0.25, 0.3) is 0 Å². The number of nitrogens with zero attached hydrogens (tertiary/aromatic N) is 1. The number of hydrogen-bond acceptors (Lipinski definition) is 2. The Balaban J connectivity index is 2.00. The van der Waals surface area contributed by atoms with Gasteiger partial charge in [0, 0.05) is 6.04 Å². The molecule has 0 aromatic heterocycles. The molecule has 0 radical (unpaired) electrons. The quantitative estimate of drug-likeness (QED) is 0.755. The van der Waals surface area contributed by atoms with Gasteiger partial charge >= 0.3 is 0 Å². The number of hydrogen-bond donors (Lipinski definition) is 1. The molecule has 1 aromatic carbocycles. The van der Waals surface area contributed by atoms with E-state index in [1.165, 1.54) is 44.1 Å². The second-order valence-corrected chi connectivity index (χ2v) is 5.64. The Labute approximate surface area is 117 Å². The van der Waals surface area contributed by atoms with Crippen molar-refractivity contribution in [3.63, 3.8) is 0 Å². The second kappa shape index (κ2) is 7.66. The summed E-state index contributed by atoms with van der Waals surface area (Å²) in [5, 5.41) is 9.79. The van der Waals surface area contributed by atoms with Crippen molar-refractivity contribution < 1.29 is 5.11 Å². The van der Waals surface area contributed by atoms with E-state index in [9.17, 15) is 5.11 Å². The lowest BCUT2D eigenvalue weighted by molar-refractivity contribution is 0.107. The Bertz CT molecular complexity index is 352. The fourth-order valence-electron chi connectivity index (χ4n) is 3.29. The van der Waals surface area contributed by atoms with E-state index in [1.54, 1.807) is 0 Å². The van der Waals surface area contributed by atoms with E-state index >= 15 is 0 Å². The van der Waals surface area contributed by atoms with E-state index in [-0.39, 0.29) is 12.6 Å². The van der Waals surface area contributed by atoms with Gasteiger partial charge in [-0.25, -0.2) is 0 Å². The van der Waals surface area contributed by atoms with Crippen LogP contribution in [-0.2, 0) is 0 Å². The first-order valence-electron chi connectivity index (χ1n) is 7.78. The van der Waals surface area contributed by atoms with Gasteiger partial charge in [0.15, 0.2) is 0 Å². The molecule has 1 N–H and O–H groups in total. The summed E-state index contributed by atoms with van der Waals surface area (Å²) in [6, 6.07) is 11.3. The van der Waals surface area contributed by atoms with Gasteiger partial charge in [-0.1, -0.05) is 56.5 Å². The Morgan fingerprint density at radius 1 is 1.26 bits per heavy atom. The van der Waals surface area contributed by atoms with E-state index < -0.39 is 0 Å². The first-order chi connectivity index (χ1) is 9.36. The molecule has 2 nitrogen and oxygen atoms in total. The predicted molar refractivity (Wildman–Crippen MR) is 80.1 cm³/mol. The predicted octanol–water partition coefficient (Wildman–Crippen LogP) is 3.76. The minimum absolute atomic E-state index is 0.190. The van der Waals surface area contributed by atoms with E-state index in [0.717, 1.165) is 6.54 Å². The Morgan fingerprint density at radius 3 is 2.74 bits per heavy atom. The Kier molecular flexibility index (Phi) is 5.87. The zero-order chi connectivity index (χ0) is 13.5. The van der Waals surface area contributed by atoms with Crippen molar-refractivity contribution in [2.45, 2.75) is 57.5 Å². The molecule has 0 aliphatic carbocycles. The molecule has 1 aliphatic rings. The van der Waals surface area contributed by atoms with E-state index in [0.29, 0.717) is 6.04 Å². The summed E-state index contributed by atoms with van der Waals surface area (Å²) in [6.45, 7) is 3.62. The highest BCUT2D eigenvalue weighted by atomic mass is 16.3. The van der Waals surface area contributed by atoms with Gasteiger partial charge in [0.2, 0.25) is 0 Å². The molecule has 1 fully saturated rings. The third-order valence-corrected chi connectivity index (χ3v) is 4.32. The Morgan fingerprint density at radius 2 is 2.05 bits per heavy atom. The summed E-state index contributed by atoms with van der Waals surface area (Å²) in [7, 11) is 0. The Hall–Kier alpha value is -0.860. The molecule has 0 saturated carbocycles. The van der Waals surface area contributed by atoms with Gasteiger partial charge in [-0.15, -0.1) is 0 Å². The molecule has 2 rings (SSSR count). The number of aliphatic hydroxyl groups excluding tert-OH is 1. The highest BCUT2D eigenvalue weighted by Crippen LogP contribution is 2.31. The van der Waals surface area contributed by atoms with Crippen LogP contribution in [0.5, 0.6) is 0 Å². The fraction of sp³-hybridized carbons (Fsp3) is 0.647. The van der Waals surface area contributed by atoms with Gasteiger partial charge in [0.1, 0.15) is 0 Å². The van der Waals surface area contributed by atoms with Gasteiger partial charge < -0.3 is 5.11 Å². The monoisotopic (exact) mass is 261 g/mol. The van der Waals surface area contributed by atoms with Crippen molar-refractivity contribution >= 4 is 0 Å². The minimum Gasteiger partial charge on any atom is -0.394 e. The van der Waals surface area contributed by atoms with Gasteiger partial charge in [-0.05, 0) is 31.4 Å². The lowest BCUT2D eigenvalue weighted by atomic mass is 10.0. The first-order valence-corrected chi connectivity index (χ1v) is 7.78. The number of aliphatic hydroxyl groups is 1. The maximum atomic E-state index is 9.79. The zero-order valence-electron chi connectivity index (χ0n) is 12.1. The average Bonchev–Trinajstić information content (AvgIpc) is 2.90. The highest BCUT2D eigenvalue weighted by Gasteiger charge is 2.30. The summed E-state index contributed by atoms with van der Waals surface area (Å²) < 4.78 is 0. The van der Waals surface area contributed by atoms with Crippen molar-refractivity contribution in [1.82, 2.24) is 4.90 Å². The third-order valence-electron chi connectivity index (χ3n) is 4.32. The SMILES string of the molecule is CCCCC[C@H]1CCCN1[C@@H](CO)c1ccccc1. The molecule has 2 heteroatoms. The normalized spacial score (nSPS) is 21.7. The average molecular weight is 261 g/mol. The molecule has 2 atom stereocenters. The molecule has 1 saturated heterocycles. The van der Waals surface area contributed by atoms with Gasteiger partial charge in [-0.2, -0.15) is 0 Å². The van der Waals surface area contributed by atoms with Crippen LogP contribution in [0.25, 0.3) is 0 Å². The van der Waals surface area contributed by atoms with Crippen LogP contribution >= 0.6 is 0 Å². The van der Waals surface area contributed by atoms with E-state index in [1.807, 2.05) is 6.07 Å². The largest absolute Gasteiger partial charge is 0.394 e. The smallest absolute Gasteiger partial charge is 0.0628 e. The van der Waals surface area contributed by atoms with Crippen LogP contribution in [0.4, 0.5) is 0 Å². The van der Waals surface area contributed by atoms with Crippen LogP contribution in [0.3, 0.4) is 0 Å². The molecule has 1 aliphatic heterocycles. The molecule has 19 heavy (non-hydrogen) atoms. The van der Waals surface area contributed by atoms with Crippen molar-refractivity contribution in [2.75, 3.05) is 13.2 Å². The maximum absolute atomic E-state index is 9.79. The van der Waals surface area contributed by atoms with Gasteiger partial charge in [0.05, 0.1) is 12.6 Å². The molecule has 0 spiro atoms. The van der Waals surface area contributed by atoms with Crippen molar-refractivity contribution in [3.05, 3.63) is 35.9 Å². The molecule has 0 unspecified atom stereocenters. The number of likely N-dealkylation sites (tertiary alicyclic amines) is 1. The van der Waals surface area contributed by atoms with Crippen LogP contribution in [-0.4, -0.2) is 29.2 Å². The molecule has 1 aromatic rings. The molecular formula is C17H27NO. The summed E-state index contributed by atoms with van der Waals surface area (Å²) in [4.78, 5) is 2.53. The zero-order valence-corrected chi connectivity index (χ0v) is 12.1. The lowest BCUT2D eigenvalue weighted by Crippen LogP contribution is -2.35. The standard InChI is InChI=1S/C17H27NO/c1-2-3-5-11-16-12-8-13-18(16)17(14-19)15-9-6-4-7-10-15/h4,6-7,9-10,16-17,19H,2-3,5,8,11-14H2,1H3/t16-,17-/m0/s1. The van der Waals surface area contributed by atoms with E-state index in [4.69, 9.17) is 0 Å². The van der Waals surface area contributed by atoms with E-state index in [2.05, 4.69) is 36.1 Å². The third kappa shape index (κ3) is 3.80. The van der Waals surface area contributed by atoms with Crippen LogP contribution in [0.2, 0.25) is 0 Å². The molecule has 1 heterocycles. The summed E-state index contributed by atoms with van der Waals surface area (Å²) in [5.74, 6) is 0. The number of benzene rings is 1.